The Kier molecular flexibility index (Phi) is 3.77. The number of nitrogens with two attached hydrogens (primary N) is 1. The largest absolute Gasteiger partial charge is 0.393 e. The Morgan fingerprint density at radius 3 is 2.96 bits per heavy atom. The molecule has 1 aliphatic rings. The molecule has 0 saturated carbocycles. The van der Waals surface area contributed by atoms with Gasteiger partial charge in [-0.05, 0) is 23.4 Å². The topological polar surface area (TPSA) is 139 Å². The molecule has 0 aromatic carbocycles. The predicted molar refractivity (Wildman–Crippen MR) is 84.8 cm³/mol. The van der Waals surface area contributed by atoms with Gasteiger partial charge in [-0.1, -0.05) is 19.0 Å². The third-order valence-electron chi connectivity index (χ3n) is 4.75. The van der Waals surface area contributed by atoms with Crippen LogP contribution in [0.15, 0.2) is 17.5 Å². The maximum atomic E-state index is 9.72. The van der Waals surface area contributed by atoms with Crippen LogP contribution < -0.4 is 5.73 Å². The van der Waals surface area contributed by atoms with Crippen LogP contribution in [0.3, 0.4) is 0 Å². The first-order valence-corrected chi connectivity index (χ1v) is 7.33. The lowest BCUT2D eigenvalue weighted by atomic mass is 9.86. The Balaban J connectivity index is 2.17. The van der Waals surface area contributed by atoms with Crippen molar-refractivity contribution in [1.82, 2.24) is 14.6 Å². The summed E-state index contributed by atoms with van der Waals surface area (Å²) in [6, 6.07) is 1.64. The Labute approximate surface area is 137 Å². The van der Waals surface area contributed by atoms with Crippen LogP contribution >= 0.6 is 0 Å². The van der Waals surface area contributed by atoms with Crippen LogP contribution in [0.1, 0.15) is 25.6 Å². The number of aliphatic hydroxyl groups excluding tert-OH is 1. The van der Waals surface area contributed by atoms with Gasteiger partial charge in [0.2, 0.25) is 5.69 Å². The van der Waals surface area contributed by atoms with Crippen LogP contribution in [0.5, 0.6) is 0 Å². The van der Waals surface area contributed by atoms with Crippen molar-refractivity contribution in [2.24, 2.45) is 17.0 Å². The lowest BCUT2D eigenvalue weighted by Crippen LogP contribution is -2.36. The quantitative estimate of drug-likeness (QED) is 0.385. The number of rotatable bonds is 3. The van der Waals surface area contributed by atoms with Gasteiger partial charge in [0.25, 0.3) is 0 Å². The van der Waals surface area contributed by atoms with Crippen LogP contribution in [0, 0.1) is 18.4 Å². The van der Waals surface area contributed by atoms with Gasteiger partial charge < -0.3 is 15.6 Å². The van der Waals surface area contributed by atoms with Crippen molar-refractivity contribution in [1.29, 1.82) is 0 Å². The molecule has 0 radical (unpaired) electrons. The average Bonchev–Trinajstić information content (AvgIpc) is 3.07. The van der Waals surface area contributed by atoms with Gasteiger partial charge in [0, 0.05) is 4.91 Å². The molecule has 1 saturated heterocycles. The van der Waals surface area contributed by atoms with E-state index in [0.717, 1.165) is 0 Å². The van der Waals surface area contributed by atoms with E-state index in [1.165, 1.54) is 10.8 Å². The van der Waals surface area contributed by atoms with E-state index >= 15 is 0 Å². The van der Waals surface area contributed by atoms with E-state index in [9.17, 15) is 5.11 Å². The van der Waals surface area contributed by atoms with Crippen molar-refractivity contribution in [2.45, 2.75) is 25.7 Å². The fourth-order valence-electron chi connectivity index (χ4n) is 3.20. The number of hydrogen-bond donors (Lipinski definition) is 2. The summed E-state index contributed by atoms with van der Waals surface area (Å²) in [5.74, 6) is -0.121. The van der Waals surface area contributed by atoms with Gasteiger partial charge in [0.05, 0.1) is 18.9 Å². The van der Waals surface area contributed by atoms with Gasteiger partial charge in [-0.2, -0.15) is 5.10 Å². The normalized spacial score (nSPS) is 29.3. The zero-order valence-electron chi connectivity index (χ0n) is 13.2. The first-order chi connectivity index (χ1) is 11.5. The first kappa shape index (κ1) is 16.0. The molecule has 4 atom stereocenters. The van der Waals surface area contributed by atoms with E-state index in [-0.39, 0.29) is 17.7 Å². The lowest BCUT2D eigenvalue weighted by Gasteiger charge is -2.25. The molecule has 1 aliphatic heterocycles. The van der Waals surface area contributed by atoms with Crippen molar-refractivity contribution < 1.29 is 9.84 Å². The standard InChI is InChI=1S/C14H16N8O2/c1-7-8(2)14(5-23,20-21-16)24-12(7)10-4-9(17-3)11-13(15)18-6-19-22(10)11/h4,6-8,12,23H,5H2,1-2H3,(H2,15,18,19)/t7-,8+,12-,14-/m1/s1. The number of azide groups is 1. The van der Waals surface area contributed by atoms with Crippen molar-refractivity contribution in [3.8, 4) is 0 Å². The van der Waals surface area contributed by atoms with Gasteiger partial charge >= 0.3 is 0 Å². The maximum Gasteiger partial charge on any atom is 0.217 e. The minimum Gasteiger partial charge on any atom is -0.393 e. The molecule has 124 valence electrons. The zero-order valence-corrected chi connectivity index (χ0v) is 13.2. The molecule has 2 aromatic rings. The summed E-state index contributed by atoms with van der Waals surface area (Å²) in [4.78, 5) is 10.2. The van der Waals surface area contributed by atoms with Crippen molar-refractivity contribution in [2.75, 3.05) is 12.3 Å². The van der Waals surface area contributed by atoms with Gasteiger partial charge in [-0.25, -0.2) is 14.3 Å². The zero-order chi connectivity index (χ0) is 17.5. The number of nitrogens with zero attached hydrogens (tertiary/aromatic N) is 7. The summed E-state index contributed by atoms with van der Waals surface area (Å²) in [5, 5.41) is 17.6. The number of anilines is 1. The lowest BCUT2D eigenvalue weighted by molar-refractivity contribution is -0.0865. The van der Waals surface area contributed by atoms with Gasteiger partial charge in [0.15, 0.2) is 5.72 Å². The maximum absolute atomic E-state index is 9.72. The van der Waals surface area contributed by atoms with Crippen LogP contribution in [0.4, 0.5) is 11.5 Å². The number of ether oxygens (including phenoxy) is 1. The highest BCUT2D eigenvalue weighted by atomic mass is 16.5. The molecule has 10 heteroatoms. The highest BCUT2D eigenvalue weighted by Gasteiger charge is 2.51. The van der Waals surface area contributed by atoms with Crippen molar-refractivity contribution in [3.63, 3.8) is 0 Å². The molecule has 0 spiro atoms. The van der Waals surface area contributed by atoms with Crippen LogP contribution in [-0.2, 0) is 4.74 Å². The fourth-order valence-corrected chi connectivity index (χ4v) is 3.20. The molecule has 3 rings (SSSR count). The Hall–Kier alpha value is -2.86. The van der Waals surface area contributed by atoms with Crippen LogP contribution in [0.2, 0.25) is 0 Å². The minimum absolute atomic E-state index is 0.0875. The molecule has 0 aliphatic carbocycles. The molecule has 0 bridgehead atoms. The molecular formula is C14H16N8O2. The monoisotopic (exact) mass is 328 g/mol. The molecular weight excluding hydrogens is 312 g/mol. The van der Waals surface area contributed by atoms with E-state index in [1.807, 2.05) is 13.8 Å². The first-order valence-electron chi connectivity index (χ1n) is 7.33. The highest BCUT2D eigenvalue weighted by molar-refractivity contribution is 5.83. The smallest absolute Gasteiger partial charge is 0.217 e. The van der Waals surface area contributed by atoms with Gasteiger partial charge in [0.1, 0.15) is 23.8 Å². The van der Waals surface area contributed by atoms with Gasteiger partial charge in [-0.3, -0.25) is 0 Å². The Bertz CT molecular complexity index is 881. The molecule has 3 N–H and O–H groups in total. The number of aliphatic hydroxyl groups is 1. The number of fused-ring (bicyclic) bond motifs is 1. The SMILES string of the molecule is [C-]#[N+]c1cc([C@@H]2O[C@@](CO)(N=[N+]=[N-])[C@@H](C)[C@H]2C)n2ncnc(N)c12. The predicted octanol–water partition coefficient (Wildman–Crippen LogP) is 2.20. The number of aromatic nitrogens is 3. The summed E-state index contributed by atoms with van der Waals surface area (Å²) < 4.78 is 7.48. The molecule has 3 heterocycles. The van der Waals surface area contributed by atoms with E-state index in [0.29, 0.717) is 16.9 Å². The molecule has 0 amide bonds. The minimum atomic E-state index is -1.35. The van der Waals surface area contributed by atoms with E-state index in [2.05, 4.69) is 25.0 Å². The fraction of sp³-hybridized carbons (Fsp3) is 0.500. The van der Waals surface area contributed by atoms with E-state index in [1.54, 1.807) is 6.07 Å². The van der Waals surface area contributed by atoms with Crippen molar-refractivity contribution in [3.05, 3.63) is 39.9 Å². The summed E-state index contributed by atoms with van der Waals surface area (Å²) >= 11 is 0. The number of nitrogen functional groups attached to an aromatic ring is 1. The summed E-state index contributed by atoms with van der Waals surface area (Å²) in [6.07, 6.45) is 0.782. The Morgan fingerprint density at radius 2 is 2.33 bits per heavy atom. The molecule has 1 fully saturated rings. The second-order valence-electron chi connectivity index (χ2n) is 5.85. The second-order valence-corrected chi connectivity index (χ2v) is 5.85. The third kappa shape index (κ3) is 2.07. The van der Waals surface area contributed by atoms with E-state index in [4.69, 9.17) is 22.6 Å². The van der Waals surface area contributed by atoms with Crippen molar-refractivity contribution >= 4 is 17.0 Å². The molecule has 0 unspecified atom stereocenters. The summed E-state index contributed by atoms with van der Waals surface area (Å²) in [6.45, 7) is 10.7. The van der Waals surface area contributed by atoms with Crippen LogP contribution in [-0.4, -0.2) is 32.0 Å². The van der Waals surface area contributed by atoms with Gasteiger partial charge in [-0.15, -0.1) is 0 Å². The molecule has 24 heavy (non-hydrogen) atoms. The molecule has 2 aromatic heterocycles. The average molecular weight is 328 g/mol. The summed E-state index contributed by atoms with van der Waals surface area (Å²) in [7, 11) is 0. The number of hydrogen-bond acceptors (Lipinski definition) is 6. The highest BCUT2D eigenvalue weighted by Crippen LogP contribution is 2.49. The van der Waals surface area contributed by atoms with E-state index < -0.39 is 18.4 Å². The second kappa shape index (κ2) is 5.65. The summed E-state index contributed by atoms with van der Waals surface area (Å²) in [5.41, 5.74) is 14.7. The third-order valence-corrected chi connectivity index (χ3v) is 4.75. The molecule has 10 nitrogen and oxygen atoms in total. The Morgan fingerprint density at radius 1 is 1.58 bits per heavy atom. The van der Waals surface area contributed by atoms with Crippen LogP contribution in [0.25, 0.3) is 20.8 Å².